The molecule has 10 aromatic carbocycles. The maximum Gasteiger partial charge on any atom is 1.00 e. The van der Waals surface area contributed by atoms with Gasteiger partial charge in [0.1, 0.15) is 69.5 Å². The zero-order valence-electron chi connectivity index (χ0n) is 86.1. The van der Waals surface area contributed by atoms with Crippen LogP contribution in [0.2, 0.25) is 0 Å². The number of H-pyrrole nitrogens is 2. The van der Waals surface area contributed by atoms with E-state index in [2.05, 4.69) is 86.9 Å². The number of amides is 1. The molecule has 39 heteroatoms. The molecule has 774 valence electrons. The number of Topliss-reactive ketones (excluding diaryl/α,β-unsaturated/α-hetero) is 1. The Labute approximate surface area is 857 Å². The molecule has 2 heterocycles. The number of carboxylic acid groups (broad SMARTS) is 2. The van der Waals surface area contributed by atoms with Gasteiger partial charge in [-0.1, -0.05) is 12.1 Å². The number of phenolic OH excluding ortho intramolecular Hbond substituents is 1. The number of phenols is 1. The van der Waals surface area contributed by atoms with Crippen LogP contribution >= 0.6 is 0 Å². The van der Waals surface area contributed by atoms with Crippen LogP contribution in [0.4, 0.5) is 28.4 Å². The van der Waals surface area contributed by atoms with Gasteiger partial charge in [-0.05, 0) is 286 Å². The number of carbonyl (C=O) groups is 9. The molecule has 12 aromatic rings. The molecular formula is C106H135LiN14O24. The molecule has 0 atom stereocenters. The van der Waals surface area contributed by atoms with Crippen LogP contribution in [0.25, 0.3) is 44.8 Å². The zero-order valence-corrected chi connectivity index (χ0v) is 86.1. The monoisotopic (exact) mass is 1990 g/mol. The van der Waals surface area contributed by atoms with Gasteiger partial charge < -0.3 is 140 Å². The number of anilines is 5. The molecule has 15 N–H and O–H groups in total. The number of aromatic nitrogens is 4. The second-order valence-electron chi connectivity index (χ2n) is 33.4. The summed E-state index contributed by atoms with van der Waals surface area (Å²) in [6, 6.07) is 50.9. The number of hydrogen-bond donors (Lipinski definition) is 10. The quantitative estimate of drug-likeness (QED) is 0.00324. The minimum atomic E-state index is -1.06. The van der Waals surface area contributed by atoms with Gasteiger partial charge in [-0.25, -0.2) is 38.7 Å². The van der Waals surface area contributed by atoms with Crippen molar-refractivity contribution in [3.05, 3.63) is 243 Å². The Kier molecular flexibility index (Phi) is 52.9. The van der Waals surface area contributed by atoms with Crippen LogP contribution in [0.5, 0.6) is 46.0 Å². The predicted molar refractivity (Wildman–Crippen MR) is 556 cm³/mol. The van der Waals surface area contributed by atoms with Crippen molar-refractivity contribution in [3.8, 4) is 68.8 Å². The molecule has 0 bridgehead atoms. The Balaban J connectivity index is 0.000000386. The van der Waals surface area contributed by atoms with Gasteiger partial charge in [0, 0.05) is 80.2 Å². The molecule has 0 saturated carbocycles. The van der Waals surface area contributed by atoms with Crippen LogP contribution in [-0.4, -0.2) is 298 Å². The fraction of sp³-hybridized carbons (Fsp3) is 0.330. The Morgan fingerprint density at radius 1 is 0.393 bits per heavy atom. The summed E-state index contributed by atoms with van der Waals surface area (Å²) < 4.78 is 58.3. The number of nitrogens with zero attached hydrogens (tertiary/aromatic N) is 7. The first-order chi connectivity index (χ1) is 68.2. The Morgan fingerprint density at radius 2 is 0.779 bits per heavy atom. The summed E-state index contributed by atoms with van der Waals surface area (Å²) in [5.41, 5.74) is 35.2. The Hall–Kier alpha value is -15.3. The number of ether oxygens (including phenoxy) is 11. The van der Waals surface area contributed by atoms with E-state index in [1.54, 1.807) is 99.8 Å². The van der Waals surface area contributed by atoms with E-state index in [0.717, 1.165) is 139 Å². The molecule has 0 fully saturated rings. The molecule has 145 heavy (non-hydrogen) atoms. The van der Waals surface area contributed by atoms with Crippen LogP contribution in [0.1, 0.15) is 139 Å². The molecule has 12 rings (SSSR count). The van der Waals surface area contributed by atoms with Crippen molar-refractivity contribution < 1.29 is 135 Å². The number of aromatic hydroxyl groups is 1. The van der Waals surface area contributed by atoms with E-state index in [0.29, 0.717) is 112 Å². The smallest absolute Gasteiger partial charge is 0.870 e. The van der Waals surface area contributed by atoms with Gasteiger partial charge in [0.2, 0.25) is 0 Å². The van der Waals surface area contributed by atoms with Crippen molar-refractivity contribution >= 4 is 104 Å². The number of nitrogens with one attached hydrogen (secondary N) is 3. The number of fused-ring (bicyclic) bond motifs is 2. The van der Waals surface area contributed by atoms with E-state index in [9.17, 15) is 43.5 Å². The summed E-state index contributed by atoms with van der Waals surface area (Å²) >= 11 is 0. The van der Waals surface area contributed by atoms with Crippen molar-refractivity contribution in [2.75, 3.05) is 207 Å². The van der Waals surface area contributed by atoms with E-state index in [1.165, 1.54) is 78.9 Å². The second kappa shape index (κ2) is 62.9. The molecule has 2 aromatic heterocycles. The number of ketones is 1. The average molecular weight is 2000 g/mol. The summed E-state index contributed by atoms with van der Waals surface area (Å²) in [6.45, 7) is 12.7. The first kappa shape index (κ1) is 122. The molecule has 0 aliphatic rings. The van der Waals surface area contributed by atoms with E-state index in [1.807, 2.05) is 103 Å². The van der Waals surface area contributed by atoms with E-state index >= 15 is 0 Å². The van der Waals surface area contributed by atoms with E-state index in [4.69, 9.17) is 81.1 Å². The number of aromatic amines is 2. The first-order valence-corrected chi connectivity index (χ1v) is 45.4. The van der Waals surface area contributed by atoms with Crippen molar-refractivity contribution in [2.45, 2.75) is 59.3 Å². The van der Waals surface area contributed by atoms with E-state index < -0.39 is 41.7 Å². The average Bonchev–Trinajstić information content (AvgIpc) is 1.68. The largest absolute Gasteiger partial charge is 1.00 e. The van der Waals surface area contributed by atoms with Crippen LogP contribution in [0.3, 0.4) is 0 Å². The number of carboxylic acids is 2. The molecular weight excluding hydrogens is 1860 g/mol. The van der Waals surface area contributed by atoms with Gasteiger partial charge >= 0.3 is 54.7 Å². The number of rotatable bonds is 40. The molecule has 0 aliphatic heterocycles. The Bertz CT molecular complexity index is 6150. The number of benzene rings is 10. The minimum absolute atomic E-state index is 0. The standard InChI is InChI=1S/C32H43N5O5.C31H38N6O3.C11H19N3O.C11H12O4.C10H10O5.C9H8O4.C2H4O.Li.H2O/c1-36(2)14-6-16-41-24-9-12-27(33)23(18-24)19-30(38)22-8-11-26(31(20-22)40-5)32(39)35-29-21-25(10-13-28(29)34)42-17-7-15-37(3)4;1-36(2)14-6-16-39-22-9-12-25-27(19-22)34-30(32-25)21-8-11-24(29(18-21)38-5)31-33-26-13-10-23(20-28(26)35-31)40-17-7-15-37(3)4;1-14(2)6-3-7-15-9-4-5-10(12)11(13)8-9;1-7-6-8(10(12)14-2)4-5-9(7)11(13)15-3;1-14-9(12)6-3-4-7(8(11)5-6)10(13)15-2;1-5-4-6(8(10)11)2-3-7(5)9(12)13;1-2-3;;/h8-13,18,20-21H,6-7,14-17,19,33-34H2,1-5H3,(H,35,39);8-13,18-20H,6-7,14-17H2,1-5H3,(H,32,34)(H,33,35);4-5,8H,3,6-7,12-13H2,1-2H3;4-6H,1-3H3;3-5,11H,1-2H3;2-4H,1H3,(H,10,11)(H,12,13);2H,1H3;;1H2/q;;;;;;;+1;/p-1. The number of nitrogen functional groups attached to an aromatic ring is 4. The molecule has 38 nitrogen and oxygen atoms in total. The summed E-state index contributed by atoms with van der Waals surface area (Å²) in [5, 5.41) is 29.5. The van der Waals surface area contributed by atoms with Crippen molar-refractivity contribution in [1.82, 2.24) is 44.4 Å². The van der Waals surface area contributed by atoms with Gasteiger partial charge in [0.15, 0.2) is 5.78 Å². The topological polar surface area (TPSA) is 536 Å². The van der Waals surface area contributed by atoms with Gasteiger partial charge in [-0.15, -0.1) is 0 Å². The maximum atomic E-state index is 13.2. The number of esters is 4. The first-order valence-electron chi connectivity index (χ1n) is 45.4. The third kappa shape index (κ3) is 40.6. The summed E-state index contributed by atoms with van der Waals surface area (Å²) in [4.78, 5) is 128. The number of imidazole rings is 2. The van der Waals surface area contributed by atoms with Gasteiger partial charge in [0.25, 0.3) is 5.91 Å². The molecule has 0 unspecified atom stereocenters. The van der Waals surface area contributed by atoms with Crippen LogP contribution in [0, 0.1) is 13.8 Å². The van der Waals surface area contributed by atoms with Crippen molar-refractivity contribution in [2.24, 2.45) is 0 Å². The number of methoxy groups -OCH3 is 6. The second-order valence-corrected chi connectivity index (χ2v) is 33.4. The van der Waals surface area contributed by atoms with Gasteiger partial charge in [-0.2, -0.15) is 0 Å². The Morgan fingerprint density at radius 3 is 1.22 bits per heavy atom. The number of nitrogens with two attached hydrogens (primary N) is 4. The van der Waals surface area contributed by atoms with Crippen LogP contribution < -0.4 is 80.3 Å². The summed E-state index contributed by atoms with van der Waals surface area (Å²) in [7, 11) is 28.6. The van der Waals surface area contributed by atoms with Gasteiger partial charge in [0.05, 0.1) is 159 Å². The SMILES string of the molecule is CC=O.CN(C)CCCOc1ccc(N)c(N)c1.COC(=O)c1ccc(C(=O)OC)c(C)c1.COC(=O)c1ccc(C(=O)OC)c(O)c1.COc1cc(-c2nc3ccc(OCCCN(C)C)cc3[nH]2)ccc1-c1nc2ccc(OCCCN(C)C)cc2[nH]1.COc1cc(C(=O)Cc2cc(OCCCN(C)C)ccc2N)ccc1C(=O)Nc1cc(OCCCN(C)C)ccc1N.Cc1cc(C(=O)O)ccc1C(=O)O.[Li+].[OH-]. The molecule has 0 aliphatic carbocycles. The fourth-order valence-electron chi connectivity index (χ4n) is 13.4. The number of hydrogen-bond acceptors (Lipinski definition) is 33. The zero-order chi connectivity index (χ0) is 106. The predicted octanol–water partition coefficient (Wildman–Crippen LogP) is 11.8. The molecule has 0 saturated heterocycles. The summed E-state index contributed by atoms with van der Waals surface area (Å²) in [5.74, 6) is 1.10. The number of aromatic carboxylic acids is 2. The number of aryl methyl sites for hydroxylation is 2. The third-order valence-electron chi connectivity index (χ3n) is 20.9. The van der Waals surface area contributed by atoms with E-state index in [-0.39, 0.29) is 75.9 Å². The van der Waals surface area contributed by atoms with Crippen LogP contribution in [0.15, 0.2) is 182 Å². The maximum absolute atomic E-state index is 13.2. The fourth-order valence-corrected chi connectivity index (χ4v) is 13.4. The number of aldehydes is 1. The van der Waals surface area contributed by atoms with Crippen molar-refractivity contribution in [1.29, 1.82) is 0 Å². The van der Waals surface area contributed by atoms with Gasteiger partial charge in [-0.3, -0.25) is 9.59 Å². The van der Waals surface area contributed by atoms with Crippen LogP contribution in [-0.2, 0) is 30.2 Å². The molecule has 0 radical (unpaired) electrons. The molecule has 0 spiro atoms. The van der Waals surface area contributed by atoms with Crippen molar-refractivity contribution in [3.63, 3.8) is 0 Å². The molecule has 1 amide bonds. The summed E-state index contributed by atoms with van der Waals surface area (Å²) in [6.07, 6.45) is 5.52. The normalized spacial score (nSPS) is 10.4. The number of carbonyl (C=O) groups excluding carboxylic acids is 7. The minimum Gasteiger partial charge on any atom is -0.870 e. The third-order valence-corrected chi connectivity index (χ3v) is 20.9.